The Kier molecular flexibility index (Phi) is 9.64. The Morgan fingerprint density at radius 1 is 1.09 bits per heavy atom. The van der Waals surface area contributed by atoms with Gasteiger partial charge in [-0.05, 0) is 60.0 Å². The molecule has 8 nitrogen and oxygen atoms in total. The molecule has 0 spiro atoms. The van der Waals surface area contributed by atoms with Crippen molar-refractivity contribution in [3.8, 4) is 11.5 Å². The molecule has 1 aliphatic rings. The first-order valence-corrected chi connectivity index (χ1v) is 15.6. The van der Waals surface area contributed by atoms with Crippen LogP contribution in [0.5, 0.6) is 11.5 Å². The summed E-state index contributed by atoms with van der Waals surface area (Å²) in [7, 11) is 1.49. The van der Waals surface area contributed by atoms with Gasteiger partial charge in [-0.25, -0.2) is 4.39 Å². The summed E-state index contributed by atoms with van der Waals surface area (Å²) in [4.78, 5) is 28.3. The molecule has 1 aliphatic heterocycles. The van der Waals surface area contributed by atoms with Gasteiger partial charge in [0.05, 0.1) is 25.3 Å². The van der Waals surface area contributed by atoms with Gasteiger partial charge >= 0.3 is 5.91 Å². The standard InChI is InChI=1S/C31H27ClFN3O5S2/c1-3-4-15-41-23-14-11-19(16-24(23)40-2)26-25(27(37)18-9-12-21(33)13-10-18)28(38)29(39)36(26)30-34-35-31(43-30)42-17-20-7-5-6-8-22(20)32/h5-14,16,26,37H,3-4,15,17H2,1-2H3/b27-25-. The minimum absolute atomic E-state index is 0.168. The summed E-state index contributed by atoms with van der Waals surface area (Å²) in [5, 5.41) is 20.6. The fraction of sp³-hybridized carbons (Fsp3) is 0.226. The van der Waals surface area contributed by atoms with Crippen LogP contribution in [0.15, 0.2) is 76.6 Å². The molecule has 1 N–H and O–H groups in total. The first-order chi connectivity index (χ1) is 20.8. The molecule has 2 heterocycles. The third-order valence-electron chi connectivity index (χ3n) is 6.73. The SMILES string of the molecule is CCCCOc1ccc(C2/C(=C(/O)c3ccc(F)cc3)C(=O)C(=O)N2c2nnc(SCc3ccccc3Cl)s2)cc1OC. The Labute approximate surface area is 261 Å². The molecule has 1 unspecified atom stereocenters. The Balaban J connectivity index is 1.56. The fourth-order valence-electron chi connectivity index (χ4n) is 4.52. The predicted octanol–water partition coefficient (Wildman–Crippen LogP) is 7.44. The number of benzene rings is 3. The number of aliphatic hydroxyl groups excluding tert-OH is 1. The number of rotatable bonds is 11. The number of anilines is 1. The number of unbranched alkanes of at least 4 members (excludes halogenated alkanes) is 1. The molecule has 1 aromatic heterocycles. The highest BCUT2D eigenvalue weighted by atomic mass is 35.5. The summed E-state index contributed by atoms with van der Waals surface area (Å²) in [6.45, 7) is 2.55. The second kappa shape index (κ2) is 13.6. The number of carbonyl (C=O) groups excluding carboxylic acids is 2. The number of ketones is 1. The molecule has 0 saturated carbocycles. The van der Waals surface area contributed by atoms with Gasteiger partial charge < -0.3 is 14.6 Å². The van der Waals surface area contributed by atoms with E-state index in [1.165, 1.54) is 48.0 Å². The van der Waals surface area contributed by atoms with E-state index >= 15 is 0 Å². The number of Topliss-reactive ketones (excluding diaryl/α,β-unsaturated/α-hetero) is 1. The molecule has 43 heavy (non-hydrogen) atoms. The van der Waals surface area contributed by atoms with Crippen molar-refractivity contribution in [3.63, 3.8) is 0 Å². The van der Waals surface area contributed by atoms with Gasteiger partial charge in [0.2, 0.25) is 5.13 Å². The molecule has 0 bridgehead atoms. The molecule has 1 fully saturated rings. The van der Waals surface area contributed by atoms with Crippen LogP contribution in [0.3, 0.4) is 0 Å². The molecule has 1 saturated heterocycles. The van der Waals surface area contributed by atoms with Crippen LogP contribution in [0.2, 0.25) is 5.02 Å². The number of amides is 1. The average Bonchev–Trinajstić information content (AvgIpc) is 3.58. The molecule has 4 aromatic rings. The Hall–Kier alpha value is -3.93. The number of hydrogen-bond donors (Lipinski definition) is 1. The maximum atomic E-state index is 13.6. The van der Waals surface area contributed by atoms with Crippen molar-refractivity contribution in [1.29, 1.82) is 0 Å². The zero-order valence-corrected chi connectivity index (χ0v) is 25.6. The molecular weight excluding hydrogens is 613 g/mol. The van der Waals surface area contributed by atoms with Crippen molar-refractivity contribution in [2.24, 2.45) is 0 Å². The van der Waals surface area contributed by atoms with Gasteiger partial charge in [0.25, 0.3) is 5.78 Å². The highest BCUT2D eigenvalue weighted by Crippen LogP contribution is 2.45. The van der Waals surface area contributed by atoms with Crippen molar-refractivity contribution in [3.05, 3.63) is 99.8 Å². The zero-order chi connectivity index (χ0) is 30.5. The van der Waals surface area contributed by atoms with E-state index in [1.807, 2.05) is 18.2 Å². The second-order valence-corrected chi connectivity index (χ2v) is 12.1. The van der Waals surface area contributed by atoms with E-state index < -0.39 is 29.3 Å². The van der Waals surface area contributed by atoms with E-state index in [1.54, 1.807) is 24.3 Å². The van der Waals surface area contributed by atoms with Crippen LogP contribution in [0, 0.1) is 5.82 Å². The number of aliphatic hydroxyl groups is 1. The van der Waals surface area contributed by atoms with E-state index in [2.05, 4.69) is 17.1 Å². The third-order valence-corrected chi connectivity index (χ3v) is 9.21. The van der Waals surface area contributed by atoms with Crippen LogP contribution < -0.4 is 14.4 Å². The van der Waals surface area contributed by atoms with E-state index in [0.717, 1.165) is 29.7 Å². The highest BCUT2D eigenvalue weighted by molar-refractivity contribution is 8.00. The number of halogens is 2. The van der Waals surface area contributed by atoms with Crippen LogP contribution in [0.1, 0.15) is 42.5 Å². The minimum Gasteiger partial charge on any atom is -0.507 e. The van der Waals surface area contributed by atoms with Crippen molar-refractivity contribution < 1.29 is 28.6 Å². The maximum Gasteiger partial charge on any atom is 0.301 e. The number of thioether (sulfide) groups is 1. The Bertz CT molecular complexity index is 1680. The van der Waals surface area contributed by atoms with E-state index in [0.29, 0.717) is 38.8 Å². The lowest BCUT2D eigenvalue weighted by atomic mass is 9.95. The molecule has 12 heteroatoms. The fourth-order valence-corrected chi connectivity index (χ4v) is 6.67. The summed E-state index contributed by atoms with van der Waals surface area (Å²) >= 11 is 8.82. The largest absolute Gasteiger partial charge is 0.507 e. The van der Waals surface area contributed by atoms with E-state index in [9.17, 15) is 19.1 Å². The summed E-state index contributed by atoms with van der Waals surface area (Å²) in [5.41, 5.74) is 1.41. The molecule has 0 aliphatic carbocycles. The Morgan fingerprint density at radius 2 is 1.86 bits per heavy atom. The lowest BCUT2D eigenvalue weighted by molar-refractivity contribution is -0.132. The van der Waals surface area contributed by atoms with Crippen molar-refractivity contribution in [2.45, 2.75) is 35.9 Å². The van der Waals surface area contributed by atoms with Gasteiger partial charge in [-0.15, -0.1) is 10.2 Å². The smallest absolute Gasteiger partial charge is 0.301 e. The third kappa shape index (κ3) is 6.53. The highest BCUT2D eigenvalue weighted by Gasteiger charge is 2.48. The summed E-state index contributed by atoms with van der Waals surface area (Å²) in [6.07, 6.45) is 1.82. The van der Waals surface area contributed by atoms with Gasteiger partial charge in [0.15, 0.2) is 15.8 Å². The summed E-state index contributed by atoms with van der Waals surface area (Å²) in [6, 6.07) is 16.5. The first kappa shape index (κ1) is 30.5. The zero-order valence-electron chi connectivity index (χ0n) is 23.3. The van der Waals surface area contributed by atoms with Crippen LogP contribution in [0.25, 0.3) is 5.76 Å². The molecule has 1 atom stereocenters. The molecular formula is C31H27ClFN3O5S2. The maximum absolute atomic E-state index is 13.6. The van der Waals surface area contributed by atoms with E-state index in [4.69, 9.17) is 21.1 Å². The van der Waals surface area contributed by atoms with Gasteiger partial charge in [0, 0.05) is 16.3 Å². The summed E-state index contributed by atoms with van der Waals surface area (Å²) < 4.78 is 25.7. The average molecular weight is 640 g/mol. The van der Waals surface area contributed by atoms with Crippen molar-refractivity contribution in [1.82, 2.24) is 10.2 Å². The predicted molar refractivity (Wildman–Crippen MR) is 166 cm³/mol. The molecule has 1 amide bonds. The topological polar surface area (TPSA) is 102 Å². The lowest BCUT2D eigenvalue weighted by Crippen LogP contribution is -2.29. The van der Waals surface area contributed by atoms with Crippen LogP contribution in [0.4, 0.5) is 9.52 Å². The van der Waals surface area contributed by atoms with Crippen molar-refractivity contribution in [2.75, 3.05) is 18.6 Å². The Morgan fingerprint density at radius 3 is 2.58 bits per heavy atom. The molecule has 222 valence electrons. The molecule has 0 radical (unpaired) electrons. The van der Waals surface area contributed by atoms with E-state index in [-0.39, 0.29) is 16.3 Å². The number of ether oxygens (including phenoxy) is 2. The summed E-state index contributed by atoms with van der Waals surface area (Å²) in [5.74, 6) is -1.31. The normalized spacial score (nSPS) is 16.1. The van der Waals surface area contributed by atoms with Crippen LogP contribution in [-0.2, 0) is 15.3 Å². The quantitative estimate of drug-likeness (QED) is 0.0451. The minimum atomic E-state index is -1.07. The first-order valence-electron chi connectivity index (χ1n) is 13.4. The van der Waals surface area contributed by atoms with Crippen molar-refractivity contribution >= 4 is 57.3 Å². The number of nitrogens with zero attached hydrogens (tertiary/aromatic N) is 3. The number of carbonyl (C=O) groups is 2. The van der Waals surface area contributed by atoms with Gasteiger partial charge in [0.1, 0.15) is 11.6 Å². The van der Waals surface area contributed by atoms with Gasteiger partial charge in [-0.2, -0.15) is 0 Å². The van der Waals surface area contributed by atoms with Gasteiger partial charge in [-0.1, -0.05) is 72.3 Å². The lowest BCUT2D eigenvalue weighted by Gasteiger charge is -2.23. The molecule has 5 rings (SSSR count). The number of hydrogen-bond acceptors (Lipinski definition) is 9. The second-order valence-electron chi connectivity index (χ2n) is 9.52. The van der Waals surface area contributed by atoms with Gasteiger partial charge in [-0.3, -0.25) is 14.5 Å². The van der Waals surface area contributed by atoms with Crippen LogP contribution >= 0.6 is 34.7 Å². The number of methoxy groups -OCH3 is 1. The molecule has 3 aromatic carbocycles. The number of aromatic nitrogens is 2. The monoisotopic (exact) mass is 639 g/mol. The van der Waals surface area contributed by atoms with Crippen LogP contribution in [-0.4, -0.2) is 40.7 Å².